The third kappa shape index (κ3) is 3.76. The van der Waals surface area contributed by atoms with E-state index in [4.69, 9.17) is 4.74 Å². The second kappa shape index (κ2) is 6.05. The molecule has 0 amide bonds. The van der Waals surface area contributed by atoms with E-state index < -0.39 is 0 Å². The summed E-state index contributed by atoms with van der Waals surface area (Å²) in [5, 5.41) is 0. The minimum Gasteiger partial charge on any atom is -0.378 e. The van der Waals surface area contributed by atoms with Crippen molar-refractivity contribution in [1.29, 1.82) is 0 Å². The number of hydrogen-bond donors (Lipinski definition) is 0. The van der Waals surface area contributed by atoms with Gasteiger partial charge in [-0.15, -0.1) is 0 Å². The van der Waals surface area contributed by atoms with Crippen molar-refractivity contribution in [3.63, 3.8) is 0 Å². The van der Waals surface area contributed by atoms with Gasteiger partial charge in [0.25, 0.3) is 0 Å². The Morgan fingerprint density at radius 2 is 1.44 bits per heavy atom. The molecular formula is C15H28O. The van der Waals surface area contributed by atoms with Crippen LogP contribution in [0, 0.1) is 17.8 Å². The van der Waals surface area contributed by atoms with E-state index in [2.05, 4.69) is 13.8 Å². The zero-order valence-electron chi connectivity index (χ0n) is 11.1. The molecule has 1 heteroatoms. The Morgan fingerprint density at radius 3 is 2.06 bits per heavy atom. The molecule has 1 saturated carbocycles. The van der Waals surface area contributed by atoms with Crippen LogP contribution in [0.1, 0.15) is 65.2 Å². The van der Waals surface area contributed by atoms with Crippen LogP contribution in [0.25, 0.3) is 0 Å². The predicted octanol–water partition coefficient (Wildman–Crippen LogP) is 4.41. The summed E-state index contributed by atoms with van der Waals surface area (Å²) < 4.78 is 5.75. The van der Waals surface area contributed by atoms with Crippen molar-refractivity contribution >= 4 is 0 Å². The summed E-state index contributed by atoms with van der Waals surface area (Å²) in [6, 6.07) is 0. The maximum Gasteiger partial charge on any atom is 0.0547 e. The molecule has 0 spiro atoms. The summed E-state index contributed by atoms with van der Waals surface area (Å²) in [6.45, 7) is 5.65. The molecule has 2 unspecified atom stereocenters. The smallest absolute Gasteiger partial charge is 0.0547 e. The summed E-state index contributed by atoms with van der Waals surface area (Å²) in [4.78, 5) is 0. The Labute approximate surface area is 101 Å². The number of rotatable bonds is 3. The average molecular weight is 224 g/mol. The molecule has 2 fully saturated rings. The molecule has 0 bridgehead atoms. The maximum atomic E-state index is 5.75. The molecule has 1 nitrogen and oxygen atoms in total. The van der Waals surface area contributed by atoms with Crippen molar-refractivity contribution < 1.29 is 4.74 Å². The van der Waals surface area contributed by atoms with E-state index in [-0.39, 0.29) is 0 Å². The molecule has 0 radical (unpaired) electrons. The summed E-state index contributed by atoms with van der Waals surface area (Å²) in [5.41, 5.74) is 0. The highest BCUT2D eigenvalue weighted by molar-refractivity contribution is 4.73. The normalized spacial score (nSPS) is 40.9. The van der Waals surface area contributed by atoms with Crippen LogP contribution < -0.4 is 0 Å². The monoisotopic (exact) mass is 224 g/mol. The van der Waals surface area contributed by atoms with Gasteiger partial charge < -0.3 is 4.74 Å². The number of ether oxygens (including phenoxy) is 1. The van der Waals surface area contributed by atoms with Gasteiger partial charge in [0.15, 0.2) is 0 Å². The largest absolute Gasteiger partial charge is 0.378 e. The van der Waals surface area contributed by atoms with Crippen molar-refractivity contribution in [3.05, 3.63) is 0 Å². The molecule has 1 aliphatic heterocycles. The van der Waals surface area contributed by atoms with Gasteiger partial charge in [-0.1, -0.05) is 39.0 Å². The lowest BCUT2D eigenvalue weighted by molar-refractivity contribution is -0.00909. The van der Waals surface area contributed by atoms with Crippen LogP contribution in [0.15, 0.2) is 0 Å². The fraction of sp³-hybridized carbons (Fsp3) is 1.00. The molecule has 94 valence electrons. The lowest BCUT2D eigenvalue weighted by Gasteiger charge is -2.30. The van der Waals surface area contributed by atoms with Gasteiger partial charge in [0, 0.05) is 6.61 Å². The van der Waals surface area contributed by atoms with Crippen molar-refractivity contribution in [2.45, 2.75) is 71.3 Å². The zero-order chi connectivity index (χ0) is 11.4. The van der Waals surface area contributed by atoms with Gasteiger partial charge >= 0.3 is 0 Å². The Bertz CT molecular complexity index is 164. The van der Waals surface area contributed by atoms with Gasteiger partial charge in [0.05, 0.1) is 6.10 Å². The van der Waals surface area contributed by atoms with E-state index in [0.717, 1.165) is 24.4 Å². The highest BCUT2D eigenvalue weighted by Gasteiger charge is 2.22. The minimum absolute atomic E-state index is 0.520. The second-order valence-electron chi connectivity index (χ2n) is 6.29. The molecule has 0 aromatic heterocycles. The van der Waals surface area contributed by atoms with Gasteiger partial charge in [-0.05, 0) is 43.9 Å². The molecule has 1 heterocycles. The fourth-order valence-electron chi connectivity index (χ4n) is 3.25. The van der Waals surface area contributed by atoms with Crippen LogP contribution in [0.3, 0.4) is 0 Å². The van der Waals surface area contributed by atoms with E-state index in [1.807, 2.05) is 0 Å². The van der Waals surface area contributed by atoms with Crippen molar-refractivity contribution in [2.24, 2.45) is 17.8 Å². The minimum atomic E-state index is 0.520. The molecule has 2 aliphatic rings. The third-order valence-electron chi connectivity index (χ3n) is 4.72. The van der Waals surface area contributed by atoms with Crippen molar-refractivity contribution in [2.75, 3.05) is 6.61 Å². The molecular weight excluding hydrogens is 196 g/mol. The van der Waals surface area contributed by atoms with E-state index in [1.54, 1.807) is 0 Å². The lowest BCUT2D eigenvalue weighted by atomic mass is 9.79. The summed E-state index contributed by atoms with van der Waals surface area (Å²) in [7, 11) is 0. The molecule has 16 heavy (non-hydrogen) atoms. The number of hydrogen-bond acceptors (Lipinski definition) is 1. The molecule has 1 aliphatic carbocycles. The molecule has 0 aromatic rings. The molecule has 2 atom stereocenters. The Balaban J connectivity index is 1.60. The van der Waals surface area contributed by atoms with Gasteiger partial charge in [-0.25, -0.2) is 0 Å². The van der Waals surface area contributed by atoms with Crippen LogP contribution in [0.4, 0.5) is 0 Å². The van der Waals surface area contributed by atoms with Crippen LogP contribution in [0.5, 0.6) is 0 Å². The first-order valence-electron chi connectivity index (χ1n) is 7.35. The first kappa shape index (κ1) is 12.4. The summed E-state index contributed by atoms with van der Waals surface area (Å²) >= 11 is 0. The Morgan fingerprint density at radius 1 is 0.812 bits per heavy atom. The fourth-order valence-corrected chi connectivity index (χ4v) is 3.25. The average Bonchev–Trinajstić information content (AvgIpc) is 2.30. The molecule has 2 rings (SSSR count). The van der Waals surface area contributed by atoms with Crippen LogP contribution in [-0.2, 0) is 4.74 Å². The SMILES string of the molecule is CC1CCC(CCC2CCC(C)OC2)CC1. The second-order valence-corrected chi connectivity index (χ2v) is 6.29. The molecule has 0 N–H and O–H groups in total. The summed E-state index contributed by atoms with van der Waals surface area (Å²) in [6.07, 6.45) is 12.0. The topological polar surface area (TPSA) is 9.23 Å². The van der Waals surface area contributed by atoms with Crippen molar-refractivity contribution in [1.82, 2.24) is 0 Å². The highest BCUT2D eigenvalue weighted by Crippen LogP contribution is 2.33. The first-order valence-corrected chi connectivity index (χ1v) is 7.35. The lowest BCUT2D eigenvalue weighted by Crippen LogP contribution is -2.24. The molecule has 1 saturated heterocycles. The summed E-state index contributed by atoms with van der Waals surface area (Å²) in [5.74, 6) is 2.90. The Hall–Kier alpha value is -0.0400. The highest BCUT2D eigenvalue weighted by atomic mass is 16.5. The quantitative estimate of drug-likeness (QED) is 0.690. The van der Waals surface area contributed by atoms with E-state index in [9.17, 15) is 0 Å². The maximum absolute atomic E-state index is 5.75. The Kier molecular flexibility index (Phi) is 4.69. The van der Waals surface area contributed by atoms with Crippen LogP contribution >= 0.6 is 0 Å². The zero-order valence-corrected chi connectivity index (χ0v) is 11.1. The predicted molar refractivity (Wildman–Crippen MR) is 68.5 cm³/mol. The van der Waals surface area contributed by atoms with Gasteiger partial charge in [-0.3, -0.25) is 0 Å². The van der Waals surface area contributed by atoms with E-state index in [1.165, 1.54) is 51.4 Å². The van der Waals surface area contributed by atoms with E-state index in [0.29, 0.717) is 6.10 Å². The molecule has 0 aromatic carbocycles. The van der Waals surface area contributed by atoms with Crippen LogP contribution in [-0.4, -0.2) is 12.7 Å². The van der Waals surface area contributed by atoms with Crippen LogP contribution in [0.2, 0.25) is 0 Å². The van der Waals surface area contributed by atoms with E-state index >= 15 is 0 Å². The standard InChI is InChI=1S/C15H28O/c1-12-3-6-14(7-4-12)9-10-15-8-5-13(2)16-11-15/h12-15H,3-11H2,1-2H3. The van der Waals surface area contributed by atoms with Crippen molar-refractivity contribution in [3.8, 4) is 0 Å². The third-order valence-corrected chi connectivity index (χ3v) is 4.72. The van der Waals surface area contributed by atoms with Gasteiger partial charge in [-0.2, -0.15) is 0 Å². The van der Waals surface area contributed by atoms with Gasteiger partial charge in [0.1, 0.15) is 0 Å². The first-order chi connectivity index (χ1) is 7.74. The van der Waals surface area contributed by atoms with Gasteiger partial charge in [0.2, 0.25) is 0 Å².